The van der Waals surface area contributed by atoms with Crippen molar-refractivity contribution in [1.82, 2.24) is 9.62 Å². The molecular formula is C25H33ClN2O3S. The zero-order valence-corrected chi connectivity index (χ0v) is 20.8. The first-order chi connectivity index (χ1) is 15.0. The van der Waals surface area contributed by atoms with Gasteiger partial charge in [-0.2, -0.15) is 0 Å². The monoisotopic (exact) mass is 476 g/mol. The lowest BCUT2D eigenvalue weighted by molar-refractivity contribution is -0.126. The van der Waals surface area contributed by atoms with Crippen LogP contribution >= 0.6 is 11.6 Å². The molecule has 0 aromatic heterocycles. The predicted molar refractivity (Wildman–Crippen MR) is 130 cm³/mol. The van der Waals surface area contributed by atoms with Gasteiger partial charge in [0.2, 0.25) is 15.9 Å². The summed E-state index contributed by atoms with van der Waals surface area (Å²) < 4.78 is 27.1. The van der Waals surface area contributed by atoms with Crippen molar-refractivity contribution in [2.75, 3.05) is 13.1 Å². The highest BCUT2D eigenvalue weighted by atomic mass is 35.5. The van der Waals surface area contributed by atoms with Crippen molar-refractivity contribution in [3.8, 4) is 0 Å². The summed E-state index contributed by atoms with van der Waals surface area (Å²) in [4.78, 5) is 12.8. The van der Waals surface area contributed by atoms with E-state index in [4.69, 9.17) is 11.6 Å². The number of rotatable bonds is 6. The number of carbonyl (C=O) groups excluding carboxylic acids is 1. The summed E-state index contributed by atoms with van der Waals surface area (Å²) in [6.45, 7) is 9.20. The van der Waals surface area contributed by atoms with E-state index >= 15 is 0 Å². The molecule has 1 saturated heterocycles. The average molecular weight is 477 g/mol. The van der Waals surface area contributed by atoms with Crippen LogP contribution in [0.3, 0.4) is 0 Å². The van der Waals surface area contributed by atoms with E-state index in [1.54, 1.807) is 24.3 Å². The second-order valence-electron chi connectivity index (χ2n) is 9.62. The summed E-state index contributed by atoms with van der Waals surface area (Å²) in [5.41, 5.74) is 3.00. The Labute approximate surface area is 197 Å². The fraction of sp³-hybridized carbons (Fsp3) is 0.480. The Hall–Kier alpha value is -1.89. The van der Waals surface area contributed by atoms with E-state index in [1.807, 2.05) is 6.92 Å². The molecule has 5 nitrogen and oxygen atoms in total. The molecule has 0 radical (unpaired) electrons. The van der Waals surface area contributed by atoms with E-state index in [1.165, 1.54) is 9.87 Å². The van der Waals surface area contributed by atoms with Gasteiger partial charge < -0.3 is 5.32 Å². The summed E-state index contributed by atoms with van der Waals surface area (Å²) in [6, 6.07) is 15.2. The minimum Gasteiger partial charge on any atom is -0.349 e. The van der Waals surface area contributed by atoms with Crippen molar-refractivity contribution in [2.24, 2.45) is 5.92 Å². The van der Waals surface area contributed by atoms with Crippen molar-refractivity contribution < 1.29 is 13.2 Å². The molecule has 2 aromatic carbocycles. The largest absolute Gasteiger partial charge is 0.349 e. The lowest BCUT2D eigenvalue weighted by Crippen LogP contribution is -2.43. The Kier molecular flexibility index (Phi) is 7.69. The summed E-state index contributed by atoms with van der Waals surface area (Å²) in [5.74, 6) is -0.316. The van der Waals surface area contributed by atoms with Crippen LogP contribution in [0, 0.1) is 5.92 Å². The Bertz CT molecular complexity index is 1040. The third-order valence-corrected chi connectivity index (χ3v) is 8.35. The number of nitrogens with one attached hydrogen (secondary N) is 1. The lowest BCUT2D eigenvalue weighted by Gasteiger charge is -2.31. The summed E-state index contributed by atoms with van der Waals surface area (Å²) >= 11 is 6.13. The SMILES string of the molecule is C[C@H](NC(=O)C1CCN(S(=O)(=O)Cc2ccccc2Cl)CC1)c1ccc(C(C)(C)C)cc1. The van der Waals surface area contributed by atoms with Gasteiger partial charge in [-0.05, 0) is 47.9 Å². The van der Waals surface area contributed by atoms with Crippen LogP contribution in [-0.4, -0.2) is 31.7 Å². The zero-order valence-electron chi connectivity index (χ0n) is 19.3. The third-order valence-electron chi connectivity index (χ3n) is 6.15. The molecule has 1 aliphatic heterocycles. The first-order valence-corrected chi connectivity index (χ1v) is 13.1. The van der Waals surface area contributed by atoms with Crippen LogP contribution < -0.4 is 5.32 Å². The van der Waals surface area contributed by atoms with Crippen LogP contribution in [0.2, 0.25) is 5.02 Å². The number of amides is 1. The summed E-state index contributed by atoms with van der Waals surface area (Å²) in [5, 5.41) is 3.55. The molecule has 0 saturated carbocycles. The van der Waals surface area contributed by atoms with Crippen molar-refractivity contribution >= 4 is 27.5 Å². The highest BCUT2D eigenvalue weighted by Gasteiger charge is 2.32. The van der Waals surface area contributed by atoms with Crippen LogP contribution in [-0.2, 0) is 26.0 Å². The fourth-order valence-corrected chi connectivity index (χ4v) is 5.86. The predicted octanol–water partition coefficient (Wildman–Crippen LogP) is 5.06. The minimum atomic E-state index is -3.47. The molecule has 0 unspecified atom stereocenters. The second-order valence-corrected chi connectivity index (χ2v) is 12.0. The Morgan fingerprint density at radius 1 is 1.09 bits per heavy atom. The van der Waals surface area contributed by atoms with E-state index < -0.39 is 10.0 Å². The molecule has 1 heterocycles. The van der Waals surface area contributed by atoms with Gasteiger partial charge in [-0.1, -0.05) is 74.8 Å². The maximum atomic E-state index is 12.8. The third kappa shape index (κ3) is 6.12. The molecular weight excluding hydrogens is 444 g/mol. The Balaban J connectivity index is 1.54. The van der Waals surface area contributed by atoms with Gasteiger partial charge in [-0.25, -0.2) is 12.7 Å². The summed E-state index contributed by atoms with van der Waals surface area (Å²) in [6.07, 6.45) is 1.03. The van der Waals surface area contributed by atoms with Gasteiger partial charge in [-0.15, -0.1) is 0 Å². The molecule has 32 heavy (non-hydrogen) atoms. The number of carbonyl (C=O) groups is 1. The normalized spacial score (nSPS) is 17.2. The smallest absolute Gasteiger partial charge is 0.223 e. The van der Waals surface area contributed by atoms with E-state index in [9.17, 15) is 13.2 Å². The average Bonchev–Trinajstić information content (AvgIpc) is 2.75. The standard InChI is InChI=1S/C25H33ClN2O3S/c1-18(19-9-11-22(12-10-19)25(2,3)4)27-24(29)20-13-15-28(16-14-20)32(30,31)17-21-7-5-6-8-23(21)26/h5-12,18,20H,13-17H2,1-4H3,(H,27,29)/t18-/m0/s1. The number of hydrogen-bond acceptors (Lipinski definition) is 3. The quantitative estimate of drug-likeness (QED) is 0.633. The van der Waals surface area contributed by atoms with Crippen molar-refractivity contribution in [1.29, 1.82) is 0 Å². The van der Waals surface area contributed by atoms with Crippen molar-refractivity contribution in [3.63, 3.8) is 0 Å². The molecule has 1 fully saturated rings. The van der Waals surface area contributed by atoms with Gasteiger partial charge in [0.1, 0.15) is 0 Å². The highest BCUT2D eigenvalue weighted by Crippen LogP contribution is 2.26. The van der Waals surface area contributed by atoms with Crippen LogP contribution in [0.5, 0.6) is 0 Å². The first kappa shape index (κ1) is 24.7. The molecule has 1 amide bonds. The highest BCUT2D eigenvalue weighted by molar-refractivity contribution is 7.88. The molecule has 0 bridgehead atoms. The lowest BCUT2D eigenvalue weighted by atomic mass is 9.86. The van der Waals surface area contributed by atoms with Gasteiger partial charge in [0, 0.05) is 24.0 Å². The minimum absolute atomic E-state index is 0.0134. The van der Waals surface area contributed by atoms with Gasteiger partial charge in [0.05, 0.1) is 11.8 Å². The number of sulfonamides is 1. The molecule has 3 rings (SSSR count). The van der Waals surface area contributed by atoms with Gasteiger partial charge in [0.25, 0.3) is 0 Å². The van der Waals surface area contributed by atoms with Gasteiger partial charge >= 0.3 is 0 Å². The number of nitrogens with zero attached hydrogens (tertiary/aromatic N) is 1. The van der Waals surface area contributed by atoms with Crippen LogP contribution in [0.25, 0.3) is 0 Å². The van der Waals surface area contributed by atoms with E-state index in [-0.39, 0.29) is 29.0 Å². The molecule has 1 N–H and O–H groups in total. The van der Waals surface area contributed by atoms with Crippen LogP contribution in [0.15, 0.2) is 48.5 Å². The van der Waals surface area contributed by atoms with Crippen LogP contribution in [0.4, 0.5) is 0 Å². The maximum Gasteiger partial charge on any atom is 0.223 e. The molecule has 7 heteroatoms. The summed E-state index contributed by atoms with van der Waals surface area (Å²) in [7, 11) is -3.47. The number of benzene rings is 2. The second kappa shape index (κ2) is 9.94. The van der Waals surface area contributed by atoms with E-state index in [0.29, 0.717) is 36.5 Å². The van der Waals surface area contributed by atoms with E-state index in [0.717, 1.165) is 5.56 Å². The fourth-order valence-electron chi connectivity index (χ4n) is 3.99. The zero-order chi connectivity index (χ0) is 23.5. The van der Waals surface area contributed by atoms with Gasteiger partial charge in [-0.3, -0.25) is 4.79 Å². The first-order valence-electron chi connectivity index (χ1n) is 11.1. The van der Waals surface area contributed by atoms with Crippen molar-refractivity contribution in [3.05, 3.63) is 70.2 Å². The number of piperidine rings is 1. The Morgan fingerprint density at radius 3 is 2.25 bits per heavy atom. The molecule has 0 spiro atoms. The topological polar surface area (TPSA) is 66.5 Å². The molecule has 174 valence electrons. The molecule has 1 aliphatic rings. The number of hydrogen-bond donors (Lipinski definition) is 1. The van der Waals surface area contributed by atoms with Gasteiger partial charge in [0.15, 0.2) is 0 Å². The number of halogens is 1. The van der Waals surface area contributed by atoms with Crippen LogP contribution in [0.1, 0.15) is 63.3 Å². The maximum absolute atomic E-state index is 12.8. The molecule has 2 aromatic rings. The van der Waals surface area contributed by atoms with E-state index in [2.05, 4.69) is 50.4 Å². The molecule has 1 atom stereocenters. The van der Waals surface area contributed by atoms with Crippen molar-refractivity contribution in [2.45, 2.75) is 57.7 Å². The Morgan fingerprint density at radius 2 is 1.69 bits per heavy atom. The molecule has 0 aliphatic carbocycles.